The van der Waals surface area contributed by atoms with Crippen LogP contribution >= 0.6 is 0 Å². The molecule has 0 aliphatic carbocycles. The summed E-state index contributed by atoms with van der Waals surface area (Å²) in [5.41, 5.74) is -0.00565. The van der Waals surface area contributed by atoms with Crippen molar-refractivity contribution >= 4 is 17.8 Å². The number of hydrogen-bond donors (Lipinski definition) is 2. The van der Waals surface area contributed by atoms with Crippen molar-refractivity contribution in [3.63, 3.8) is 0 Å². The first-order valence-corrected chi connectivity index (χ1v) is 7.36. The molecule has 1 rings (SSSR count). The number of carbonyl (C=O) groups excluding carboxylic acids is 3. The third kappa shape index (κ3) is 7.39. The summed E-state index contributed by atoms with van der Waals surface area (Å²) < 4.78 is 4.61. The van der Waals surface area contributed by atoms with Gasteiger partial charge in [0.2, 0.25) is 5.91 Å². The lowest BCUT2D eigenvalue weighted by Gasteiger charge is -2.22. The minimum Gasteiger partial charge on any atom is -0.469 e. The van der Waals surface area contributed by atoms with E-state index in [1.165, 1.54) is 13.3 Å². The van der Waals surface area contributed by atoms with Gasteiger partial charge < -0.3 is 15.4 Å². The maximum absolute atomic E-state index is 11.9. The van der Waals surface area contributed by atoms with Crippen LogP contribution in [0.3, 0.4) is 0 Å². The molecule has 0 bridgehead atoms. The lowest BCUT2D eigenvalue weighted by Crippen LogP contribution is -2.36. The molecule has 23 heavy (non-hydrogen) atoms. The van der Waals surface area contributed by atoms with Crippen molar-refractivity contribution < 1.29 is 19.1 Å². The number of methoxy groups -OCH3 is 1. The number of nitrogens with zero attached hydrogens (tertiary/aromatic N) is 1. The Morgan fingerprint density at radius 1 is 1.17 bits per heavy atom. The van der Waals surface area contributed by atoms with E-state index in [-0.39, 0.29) is 30.6 Å². The van der Waals surface area contributed by atoms with Gasteiger partial charge in [0.15, 0.2) is 0 Å². The van der Waals surface area contributed by atoms with Gasteiger partial charge in [-0.3, -0.25) is 19.4 Å². The van der Waals surface area contributed by atoms with E-state index in [4.69, 9.17) is 0 Å². The van der Waals surface area contributed by atoms with Gasteiger partial charge in [0.05, 0.1) is 19.1 Å². The number of aromatic nitrogens is 1. The fourth-order valence-electron chi connectivity index (χ4n) is 2.00. The number of pyridine rings is 1. The van der Waals surface area contributed by atoms with Gasteiger partial charge in [-0.15, -0.1) is 0 Å². The molecule has 7 nitrogen and oxygen atoms in total. The van der Waals surface area contributed by atoms with Crippen molar-refractivity contribution in [3.8, 4) is 0 Å². The van der Waals surface area contributed by atoms with Crippen LogP contribution in [0.15, 0.2) is 24.5 Å². The topological polar surface area (TPSA) is 97.4 Å². The Bertz CT molecular complexity index is 544. The van der Waals surface area contributed by atoms with Gasteiger partial charge in [0.25, 0.3) is 5.91 Å². The van der Waals surface area contributed by atoms with Crippen LogP contribution in [-0.2, 0) is 14.3 Å². The fraction of sp³-hybridized carbons (Fsp3) is 0.500. The molecular formula is C16H23N3O4. The highest BCUT2D eigenvalue weighted by atomic mass is 16.5. The summed E-state index contributed by atoms with van der Waals surface area (Å²) in [4.78, 5) is 38.8. The summed E-state index contributed by atoms with van der Waals surface area (Å²) in [5.74, 6) is -0.751. The zero-order valence-electron chi connectivity index (χ0n) is 13.7. The molecule has 0 saturated heterocycles. The average Bonchev–Trinajstić information content (AvgIpc) is 2.51. The Morgan fingerprint density at radius 2 is 1.87 bits per heavy atom. The first-order valence-electron chi connectivity index (χ1n) is 7.36. The molecule has 1 aromatic heterocycles. The van der Waals surface area contributed by atoms with E-state index in [1.807, 2.05) is 13.8 Å². The van der Waals surface area contributed by atoms with Gasteiger partial charge in [-0.05, 0) is 17.5 Å². The second-order valence-electron chi connectivity index (χ2n) is 5.94. The highest BCUT2D eigenvalue weighted by Gasteiger charge is 2.25. The predicted molar refractivity (Wildman–Crippen MR) is 84.6 cm³/mol. The van der Waals surface area contributed by atoms with E-state index < -0.39 is 5.41 Å². The van der Waals surface area contributed by atoms with E-state index in [2.05, 4.69) is 20.4 Å². The number of esters is 1. The van der Waals surface area contributed by atoms with Gasteiger partial charge in [-0.1, -0.05) is 13.8 Å². The first-order chi connectivity index (χ1) is 10.8. The maximum Gasteiger partial charge on any atom is 0.306 e. The molecule has 0 radical (unpaired) electrons. The fourth-order valence-corrected chi connectivity index (χ4v) is 2.00. The quantitative estimate of drug-likeness (QED) is 0.548. The zero-order valence-corrected chi connectivity index (χ0v) is 13.7. The van der Waals surface area contributed by atoms with Gasteiger partial charge >= 0.3 is 5.97 Å². The minimum absolute atomic E-state index is 0.172. The van der Waals surface area contributed by atoms with Crippen molar-refractivity contribution in [2.45, 2.75) is 26.7 Å². The Hall–Kier alpha value is -2.44. The van der Waals surface area contributed by atoms with Gasteiger partial charge in [-0.25, -0.2) is 0 Å². The van der Waals surface area contributed by atoms with Crippen molar-refractivity contribution in [1.82, 2.24) is 15.6 Å². The monoisotopic (exact) mass is 321 g/mol. The van der Waals surface area contributed by atoms with Crippen LogP contribution in [-0.4, -0.2) is 43.0 Å². The maximum atomic E-state index is 11.9. The molecule has 0 fully saturated rings. The third-order valence-corrected chi connectivity index (χ3v) is 3.15. The molecule has 1 heterocycles. The number of carbonyl (C=O) groups is 3. The first kappa shape index (κ1) is 18.6. The zero-order chi connectivity index (χ0) is 17.3. The van der Waals surface area contributed by atoms with Crippen LogP contribution in [0, 0.1) is 5.41 Å². The molecule has 0 aliphatic heterocycles. The van der Waals surface area contributed by atoms with E-state index >= 15 is 0 Å². The summed E-state index contributed by atoms with van der Waals surface area (Å²) in [6, 6.07) is 3.34. The summed E-state index contributed by atoms with van der Waals surface area (Å²) in [5, 5.41) is 5.41. The van der Waals surface area contributed by atoms with Crippen LogP contribution in [0.5, 0.6) is 0 Å². The molecular weight excluding hydrogens is 298 g/mol. The van der Waals surface area contributed by atoms with Crippen molar-refractivity contribution in [2.75, 3.05) is 20.2 Å². The van der Waals surface area contributed by atoms with E-state index in [1.54, 1.807) is 18.3 Å². The minimum atomic E-state index is -0.476. The number of nitrogens with one attached hydrogen (secondary N) is 2. The van der Waals surface area contributed by atoms with Crippen LogP contribution in [0.2, 0.25) is 0 Å². The van der Waals surface area contributed by atoms with E-state index in [0.717, 1.165) is 0 Å². The van der Waals surface area contributed by atoms with Gasteiger partial charge in [0, 0.05) is 31.9 Å². The second-order valence-corrected chi connectivity index (χ2v) is 5.94. The summed E-state index contributed by atoms with van der Waals surface area (Å²) in [6.07, 6.45) is 3.45. The highest BCUT2D eigenvalue weighted by Crippen LogP contribution is 2.25. The molecule has 2 amide bonds. The predicted octanol–water partition coefficient (Wildman–Crippen LogP) is 0.907. The van der Waals surface area contributed by atoms with Crippen molar-refractivity contribution in [3.05, 3.63) is 30.1 Å². The Labute approximate surface area is 135 Å². The number of amides is 2. The van der Waals surface area contributed by atoms with Crippen LogP contribution in [0.1, 0.15) is 37.0 Å². The standard InChI is InChI=1S/C16H23N3O4/c1-16(2,10-14(21)23-3)9-13(20)18-7-8-19-15(22)12-5-4-6-17-11-12/h4-6,11H,7-10H2,1-3H3,(H,18,20)(H,19,22). The largest absolute Gasteiger partial charge is 0.469 e. The molecule has 0 unspecified atom stereocenters. The van der Waals surface area contributed by atoms with Crippen LogP contribution in [0.4, 0.5) is 0 Å². The summed E-state index contributed by atoms with van der Waals surface area (Å²) >= 11 is 0. The van der Waals surface area contributed by atoms with E-state index in [9.17, 15) is 14.4 Å². The molecule has 2 N–H and O–H groups in total. The van der Waals surface area contributed by atoms with Crippen molar-refractivity contribution in [1.29, 1.82) is 0 Å². The molecule has 7 heteroatoms. The van der Waals surface area contributed by atoms with Crippen molar-refractivity contribution in [2.24, 2.45) is 5.41 Å². The summed E-state index contributed by atoms with van der Waals surface area (Å²) in [6.45, 7) is 4.29. The lowest BCUT2D eigenvalue weighted by molar-refractivity contribution is -0.143. The normalized spacial score (nSPS) is 10.7. The Balaban J connectivity index is 2.26. The molecule has 0 aromatic carbocycles. The molecule has 0 aliphatic rings. The molecule has 0 spiro atoms. The Morgan fingerprint density at radius 3 is 2.48 bits per heavy atom. The number of ether oxygens (including phenoxy) is 1. The van der Waals surface area contributed by atoms with Crippen LogP contribution < -0.4 is 10.6 Å². The summed E-state index contributed by atoms with van der Waals surface area (Å²) in [7, 11) is 1.32. The van der Waals surface area contributed by atoms with Gasteiger partial charge in [-0.2, -0.15) is 0 Å². The number of rotatable bonds is 8. The molecule has 126 valence electrons. The van der Waals surface area contributed by atoms with Crippen LogP contribution in [0.25, 0.3) is 0 Å². The molecule has 0 saturated carbocycles. The van der Waals surface area contributed by atoms with Gasteiger partial charge in [0.1, 0.15) is 0 Å². The smallest absolute Gasteiger partial charge is 0.306 e. The van der Waals surface area contributed by atoms with E-state index in [0.29, 0.717) is 18.7 Å². The Kier molecular flexibility index (Phi) is 7.18. The highest BCUT2D eigenvalue weighted by molar-refractivity contribution is 5.93. The number of hydrogen-bond acceptors (Lipinski definition) is 5. The second kappa shape index (κ2) is 8.87. The average molecular weight is 321 g/mol. The molecule has 1 aromatic rings. The third-order valence-electron chi connectivity index (χ3n) is 3.15. The molecule has 0 atom stereocenters. The SMILES string of the molecule is COC(=O)CC(C)(C)CC(=O)NCCNC(=O)c1cccnc1. The lowest BCUT2D eigenvalue weighted by atomic mass is 9.85.